The van der Waals surface area contributed by atoms with Gasteiger partial charge < -0.3 is 4.74 Å². The molecule has 1 N–H and O–H groups in total. The van der Waals surface area contributed by atoms with E-state index in [2.05, 4.69) is 4.72 Å². The fourth-order valence-corrected chi connectivity index (χ4v) is 4.31. The zero-order valence-corrected chi connectivity index (χ0v) is 13.5. The Labute approximate surface area is 125 Å². The summed E-state index contributed by atoms with van der Waals surface area (Å²) in [6, 6.07) is 4.14. The Morgan fingerprint density at radius 2 is 1.76 bits per heavy atom. The molecule has 0 amide bonds. The maximum absolute atomic E-state index is 12.5. The molecule has 21 heavy (non-hydrogen) atoms. The van der Waals surface area contributed by atoms with Gasteiger partial charge in [-0.2, -0.15) is 4.31 Å². The van der Waals surface area contributed by atoms with E-state index in [-0.39, 0.29) is 16.3 Å². The minimum Gasteiger partial charge on any atom is -0.495 e. The summed E-state index contributed by atoms with van der Waals surface area (Å²) in [5.74, 6) is 0.265. The van der Waals surface area contributed by atoms with Crippen molar-refractivity contribution in [3.8, 4) is 5.75 Å². The number of methoxy groups -OCH3 is 1. The van der Waals surface area contributed by atoms with Crippen LogP contribution in [0.1, 0.15) is 12.8 Å². The number of rotatable bonds is 5. The van der Waals surface area contributed by atoms with Gasteiger partial charge in [-0.05, 0) is 31.0 Å². The quantitative estimate of drug-likeness (QED) is 0.862. The summed E-state index contributed by atoms with van der Waals surface area (Å²) in [5.41, 5.74) is 0.111. The Balaban J connectivity index is 2.44. The molecule has 0 aliphatic carbocycles. The van der Waals surface area contributed by atoms with Crippen molar-refractivity contribution in [1.29, 1.82) is 0 Å². The molecule has 1 aromatic carbocycles. The molecule has 1 aromatic rings. The van der Waals surface area contributed by atoms with Crippen molar-refractivity contribution in [3.05, 3.63) is 18.2 Å². The molecule has 2 rings (SSSR count). The second-order valence-corrected chi connectivity index (χ2v) is 8.53. The van der Waals surface area contributed by atoms with Crippen LogP contribution in [0.5, 0.6) is 5.75 Å². The molecule has 1 aliphatic heterocycles. The van der Waals surface area contributed by atoms with Gasteiger partial charge in [0.05, 0.1) is 23.9 Å². The van der Waals surface area contributed by atoms with Gasteiger partial charge in [-0.1, -0.05) is 0 Å². The average Bonchev–Trinajstić information content (AvgIpc) is 2.91. The van der Waals surface area contributed by atoms with Crippen LogP contribution in [0.3, 0.4) is 0 Å². The van der Waals surface area contributed by atoms with E-state index in [0.717, 1.165) is 19.1 Å². The van der Waals surface area contributed by atoms with Crippen molar-refractivity contribution in [2.75, 3.05) is 31.2 Å². The van der Waals surface area contributed by atoms with E-state index in [9.17, 15) is 16.8 Å². The molecule has 9 heteroatoms. The van der Waals surface area contributed by atoms with E-state index in [1.807, 2.05) is 0 Å². The molecule has 0 bridgehead atoms. The predicted octanol–water partition coefficient (Wildman–Crippen LogP) is 0.851. The second kappa shape index (κ2) is 5.82. The number of nitrogens with one attached hydrogen (secondary N) is 1. The summed E-state index contributed by atoms with van der Waals surface area (Å²) in [7, 11) is -5.74. The Kier molecular flexibility index (Phi) is 4.45. The van der Waals surface area contributed by atoms with Crippen LogP contribution in [0.4, 0.5) is 5.69 Å². The summed E-state index contributed by atoms with van der Waals surface area (Å²) >= 11 is 0. The third-order valence-corrected chi connectivity index (χ3v) is 5.65. The number of anilines is 1. The van der Waals surface area contributed by atoms with Crippen LogP contribution < -0.4 is 9.46 Å². The van der Waals surface area contributed by atoms with Crippen molar-refractivity contribution < 1.29 is 21.6 Å². The zero-order valence-electron chi connectivity index (χ0n) is 11.9. The molecule has 7 nitrogen and oxygen atoms in total. The summed E-state index contributed by atoms with van der Waals surface area (Å²) in [4.78, 5) is 0.0522. The van der Waals surface area contributed by atoms with Gasteiger partial charge in [-0.25, -0.2) is 16.8 Å². The van der Waals surface area contributed by atoms with Gasteiger partial charge in [0.1, 0.15) is 5.75 Å². The summed E-state index contributed by atoms with van der Waals surface area (Å²) in [6.45, 7) is 0.979. The van der Waals surface area contributed by atoms with Gasteiger partial charge in [0.15, 0.2) is 0 Å². The van der Waals surface area contributed by atoms with Gasteiger partial charge in [0.2, 0.25) is 20.0 Å². The first-order valence-electron chi connectivity index (χ1n) is 6.40. The van der Waals surface area contributed by atoms with Crippen LogP contribution >= 0.6 is 0 Å². The Bertz CT molecular complexity index is 722. The SMILES string of the molecule is COc1ccc(S(=O)(=O)N2CCCC2)cc1NS(C)(=O)=O. The van der Waals surface area contributed by atoms with E-state index in [1.54, 1.807) is 0 Å². The smallest absolute Gasteiger partial charge is 0.243 e. The Hall–Kier alpha value is -1.32. The monoisotopic (exact) mass is 334 g/mol. The molecule has 1 fully saturated rings. The standard InChI is InChI=1S/C12H18N2O5S2/c1-19-12-6-5-10(9-11(12)13-20(2,15)16)21(17,18)14-7-3-4-8-14/h5-6,9,13H,3-4,7-8H2,1-2H3. The maximum atomic E-state index is 12.5. The van der Waals surface area contributed by atoms with Gasteiger partial charge in [-0.15, -0.1) is 0 Å². The Morgan fingerprint density at radius 3 is 2.29 bits per heavy atom. The molecule has 1 saturated heterocycles. The zero-order chi connectivity index (χ0) is 15.7. The summed E-state index contributed by atoms with van der Waals surface area (Å²) < 4.78 is 56.4. The number of nitrogens with zero attached hydrogens (tertiary/aromatic N) is 1. The molecule has 0 spiro atoms. The molecule has 118 valence electrons. The lowest BCUT2D eigenvalue weighted by Crippen LogP contribution is -2.28. The van der Waals surface area contributed by atoms with Gasteiger partial charge in [-0.3, -0.25) is 4.72 Å². The van der Waals surface area contributed by atoms with Gasteiger partial charge in [0, 0.05) is 13.1 Å². The fraction of sp³-hybridized carbons (Fsp3) is 0.500. The van der Waals surface area contributed by atoms with Crippen LogP contribution in [0.15, 0.2) is 23.1 Å². The van der Waals surface area contributed by atoms with Crippen LogP contribution in [0, 0.1) is 0 Å². The highest BCUT2D eigenvalue weighted by atomic mass is 32.2. The van der Waals surface area contributed by atoms with Crippen molar-refractivity contribution in [3.63, 3.8) is 0 Å². The van der Waals surface area contributed by atoms with Crippen molar-refractivity contribution in [1.82, 2.24) is 4.31 Å². The molecule has 0 aromatic heterocycles. The van der Waals surface area contributed by atoms with Gasteiger partial charge in [0.25, 0.3) is 0 Å². The lowest BCUT2D eigenvalue weighted by molar-refractivity contribution is 0.416. The lowest BCUT2D eigenvalue weighted by atomic mass is 10.3. The highest BCUT2D eigenvalue weighted by Crippen LogP contribution is 2.30. The minimum absolute atomic E-state index is 0.0522. The van der Waals surface area contributed by atoms with Crippen molar-refractivity contribution in [2.45, 2.75) is 17.7 Å². The van der Waals surface area contributed by atoms with Crippen LogP contribution in [-0.4, -0.2) is 47.6 Å². The molecule has 1 heterocycles. The second-order valence-electron chi connectivity index (χ2n) is 4.85. The van der Waals surface area contributed by atoms with Gasteiger partial charge >= 0.3 is 0 Å². The first kappa shape index (κ1) is 16.1. The lowest BCUT2D eigenvalue weighted by Gasteiger charge is -2.17. The maximum Gasteiger partial charge on any atom is 0.243 e. The number of hydrogen-bond donors (Lipinski definition) is 1. The van der Waals surface area contributed by atoms with Crippen LogP contribution in [-0.2, 0) is 20.0 Å². The molecule has 0 radical (unpaired) electrons. The fourth-order valence-electron chi connectivity index (χ4n) is 2.20. The van der Waals surface area contributed by atoms with E-state index < -0.39 is 20.0 Å². The topological polar surface area (TPSA) is 92.8 Å². The number of benzene rings is 1. The third kappa shape index (κ3) is 3.66. The summed E-state index contributed by atoms with van der Waals surface area (Å²) in [6.07, 6.45) is 2.67. The number of hydrogen-bond acceptors (Lipinski definition) is 5. The number of sulfonamides is 2. The minimum atomic E-state index is -3.60. The molecule has 0 saturated carbocycles. The predicted molar refractivity (Wildman–Crippen MR) is 79.5 cm³/mol. The van der Waals surface area contributed by atoms with E-state index in [1.165, 1.54) is 29.6 Å². The first-order chi connectivity index (χ1) is 9.74. The largest absolute Gasteiger partial charge is 0.495 e. The molecule has 1 aliphatic rings. The average molecular weight is 334 g/mol. The van der Waals surface area contributed by atoms with Crippen molar-refractivity contribution >= 4 is 25.7 Å². The van der Waals surface area contributed by atoms with Crippen LogP contribution in [0.25, 0.3) is 0 Å². The third-order valence-electron chi connectivity index (χ3n) is 3.17. The highest BCUT2D eigenvalue weighted by molar-refractivity contribution is 7.92. The van der Waals surface area contributed by atoms with E-state index in [0.29, 0.717) is 13.1 Å². The van der Waals surface area contributed by atoms with Crippen molar-refractivity contribution in [2.24, 2.45) is 0 Å². The first-order valence-corrected chi connectivity index (χ1v) is 9.73. The van der Waals surface area contributed by atoms with Crippen LogP contribution in [0.2, 0.25) is 0 Å². The molecule has 0 unspecified atom stereocenters. The highest BCUT2D eigenvalue weighted by Gasteiger charge is 2.28. The molecule has 0 atom stereocenters. The van der Waals surface area contributed by atoms with E-state index in [4.69, 9.17) is 4.74 Å². The summed E-state index contributed by atoms with van der Waals surface area (Å²) in [5, 5.41) is 0. The number of ether oxygens (including phenoxy) is 1. The Morgan fingerprint density at radius 1 is 1.14 bits per heavy atom. The van der Waals surface area contributed by atoms with E-state index >= 15 is 0 Å². The normalized spacial score (nSPS) is 16.9. The molecular formula is C12H18N2O5S2. The molecular weight excluding hydrogens is 316 g/mol.